The molecular weight excluding hydrogens is 668 g/mol. The van der Waals surface area contributed by atoms with Gasteiger partial charge in [-0.1, -0.05) is 23.7 Å². The van der Waals surface area contributed by atoms with Crippen molar-refractivity contribution in [3.8, 4) is 17.0 Å². The summed E-state index contributed by atoms with van der Waals surface area (Å²) < 4.78 is 119. The van der Waals surface area contributed by atoms with Gasteiger partial charge < -0.3 is 13.7 Å². The molecule has 250 valence electrons. The summed E-state index contributed by atoms with van der Waals surface area (Å²) in [5.74, 6) is -1.85. The third kappa shape index (κ3) is 7.20. The fourth-order valence-electron chi connectivity index (χ4n) is 5.71. The van der Waals surface area contributed by atoms with E-state index >= 15 is 0 Å². The van der Waals surface area contributed by atoms with Crippen LogP contribution in [0.2, 0.25) is 5.02 Å². The summed E-state index contributed by atoms with van der Waals surface area (Å²) >= 11 is 6.16. The molecule has 0 saturated carbocycles. The van der Waals surface area contributed by atoms with E-state index in [4.69, 9.17) is 21.1 Å². The third-order valence-electron chi connectivity index (χ3n) is 7.98. The number of benzene rings is 2. The van der Waals surface area contributed by atoms with Gasteiger partial charge in [0.05, 0.1) is 47.7 Å². The van der Waals surface area contributed by atoms with Crippen LogP contribution in [0.3, 0.4) is 0 Å². The second-order valence-corrected chi connectivity index (χ2v) is 12.8. The van der Waals surface area contributed by atoms with Crippen LogP contribution in [0.25, 0.3) is 22.2 Å². The fraction of sp³-hybridized carbons (Fsp3) is 0.448. The zero-order chi connectivity index (χ0) is 33.4. The number of hydrogen-bond donors (Lipinski definition) is 0. The number of likely N-dealkylation sites (tertiary alicyclic amines) is 1. The monoisotopic (exact) mass is 695 g/mol. The zero-order valence-corrected chi connectivity index (χ0v) is 25.8. The Labute approximate surface area is 265 Å². The molecule has 0 unspecified atom stereocenters. The molecule has 0 aliphatic carbocycles. The van der Waals surface area contributed by atoms with Crippen LogP contribution in [0.5, 0.6) is 5.75 Å². The minimum atomic E-state index is -6.14. The lowest BCUT2D eigenvalue weighted by Gasteiger charge is -2.40. The minimum absolute atomic E-state index is 0.0254. The van der Waals surface area contributed by atoms with Crippen molar-refractivity contribution in [1.29, 1.82) is 0 Å². The lowest BCUT2D eigenvalue weighted by atomic mass is 9.94. The Morgan fingerprint density at radius 3 is 2.33 bits per heavy atom. The Balaban J connectivity index is 1.64. The van der Waals surface area contributed by atoms with Gasteiger partial charge in [0.15, 0.2) is 5.75 Å². The van der Waals surface area contributed by atoms with Crippen molar-refractivity contribution < 1.29 is 53.2 Å². The number of morpholine rings is 1. The Morgan fingerprint density at radius 1 is 1.04 bits per heavy atom. The van der Waals surface area contributed by atoms with Gasteiger partial charge in [0, 0.05) is 48.3 Å². The van der Waals surface area contributed by atoms with E-state index in [2.05, 4.69) is 14.1 Å². The molecule has 2 fully saturated rings. The largest absolute Gasteiger partial charge is 0.534 e. The number of carbonyl (C=O) groups excluding carboxylic acids is 1. The summed E-state index contributed by atoms with van der Waals surface area (Å²) in [6.45, 7) is 4.14. The second-order valence-electron chi connectivity index (χ2n) is 10.8. The van der Waals surface area contributed by atoms with Gasteiger partial charge in [-0.25, -0.2) is 9.78 Å². The fourth-order valence-corrected chi connectivity index (χ4v) is 6.43. The zero-order valence-electron chi connectivity index (χ0n) is 24.3. The average molecular weight is 696 g/mol. The average Bonchev–Trinajstić information content (AvgIpc) is 3.01. The van der Waals surface area contributed by atoms with Crippen molar-refractivity contribution in [2.24, 2.45) is 0 Å². The molecule has 0 spiro atoms. The number of halogens is 7. The summed E-state index contributed by atoms with van der Waals surface area (Å²) in [4.78, 5) is 22.2. The number of carbonyl (C=O) groups is 1. The Morgan fingerprint density at radius 2 is 1.72 bits per heavy atom. The molecule has 9 nitrogen and oxygen atoms in total. The first kappa shape index (κ1) is 34.2. The SMILES string of the molecule is COC(=O)c1c(CN2CCC(N3CCOCC3)CC2)c(-c2cccc(C(F)(F)F)c2)nc2cc(OS(=O)(=O)C(F)(F)F)c(Cl)cc12. The molecule has 3 aromatic rings. The molecule has 3 heterocycles. The maximum absolute atomic E-state index is 13.7. The number of piperidine rings is 1. The summed E-state index contributed by atoms with van der Waals surface area (Å²) in [5.41, 5.74) is -7.10. The van der Waals surface area contributed by atoms with Crippen molar-refractivity contribution in [2.45, 2.75) is 37.1 Å². The molecule has 0 radical (unpaired) electrons. The van der Waals surface area contributed by atoms with Crippen molar-refractivity contribution in [3.05, 3.63) is 58.1 Å². The number of methoxy groups -OCH3 is 1. The molecule has 0 N–H and O–H groups in total. The smallest absolute Gasteiger partial charge is 0.465 e. The summed E-state index contributed by atoms with van der Waals surface area (Å²) in [5, 5.41) is -0.612. The molecule has 0 atom stereocenters. The quantitative estimate of drug-likeness (QED) is 0.130. The van der Waals surface area contributed by atoms with E-state index in [9.17, 15) is 39.6 Å². The molecule has 2 aromatic carbocycles. The third-order valence-corrected chi connectivity index (χ3v) is 9.24. The summed E-state index contributed by atoms with van der Waals surface area (Å²) in [6, 6.07) is 6.30. The number of alkyl halides is 6. The molecule has 2 saturated heterocycles. The second kappa shape index (κ2) is 13.1. The van der Waals surface area contributed by atoms with E-state index in [1.54, 1.807) is 0 Å². The maximum Gasteiger partial charge on any atom is 0.534 e. The standard InChI is InChI=1S/C29H28ClF6N3O6S/c1-43-27(40)25-20-14-22(30)24(45-46(41,42)29(34,35)36)15-23(20)37-26(17-3-2-4-18(13-17)28(31,32)33)21(25)16-38-7-5-19(6-8-38)39-9-11-44-12-10-39/h2-4,13-15,19H,5-12,16H2,1H3. The number of hydrogen-bond acceptors (Lipinski definition) is 9. The van der Waals surface area contributed by atoms with Crippen LogP contribution in [0.1, 0.15) is 34.3 Å². The number of nitrogens with zero attached hydrogens (tertiary/aromatic N) is 3. The summed E-state index contributed by atoms with van der Waals surface area (Å²) in [7, 11) is -5.05. The van der Waals surface area contributed by atoms with Crippen molar-refractivity contribution >= 4 is 38.6 Å². The summed E-state index contributed by atoms with van der Waals surface area (Å²) in [6.07, 6.45) is -3.15. The van der Waals surface area contributed by atoms with Gasteiger partial charge in [-0.05, 0) is 44.1 Å². The van der Waals surface area contributed by atoms with Gasteiger partial charge in [-0.3, -0.25) is 9.80 Å². The lowest BCUT2D eigenvalue weighted by Crippen LogP contribution is -2.48. The highest BCUT2D eigenvalue weighted by molar-refractivity contribution is 7.88. The Hall–Kier alpha value is -3.18. The number of aromatic nitrogens is 1. The van der Waals surface area contributed by atoms with Gasteiger partial charge in [0.1, 0.15) is 0 Å². The number of pyridine rings is 1. The van der Waals surface area contributed by atoms with Crippen molar-refractivity contribution in [3.63, 3.8) is 0 Å². The normalized spacial score (nSPS) is 17.7. The predicted molar refractivity (Wildman–Crippen MR) is 155 cm³/mol. The molecule has 0 amide bonds. The van der Waals surface area contributed by atoms with Crippen LogP contribution in [0, 0.1) is 0 Å². The van der Waals surface area contributed by atoms with E-state index in [1.807, 2.05) is 4.90 Å². The maximum atomic E-state index is 13.7. The van der Waals surface area contributed by atoms with Gasteiger partial charge in [-0.15, -0.1) is 0 Å². The highest BCUT2D eigenvalue weighted by Gasteiger charge is 2.49. The van der Waals surface area contributed by atoms with Crippen LogP contribution in [-0.2, 0) is 32.3 Å². The van der Waals surface area contributed by atoms with Gasteiger partial charge in [0.2, 0.25) is 0 Å². The van der Waals surface area contributed by atoms with Crippen LogP contribution in [0.15, 0.2) is 36.4 Å². The van der Waals surface area contributed by atoms with Gasteiger partial charge >= 0.3 is 27.8 Å². The molecule has 0 bridgehead atoms. The molecule has 5 rings (SSSR count). The highest BCUT2D eigenvalue weighted by atomic mass is 35.5. The molecule has 17 heteroatoms. The number of fused-ring (bicyclic) bond motifs is 1. The molecular formula is C29H28ClF6N3O6S. The minimum Gasteiger partial charge on any atom is -0.465 e. The first-order valence-corrected chi connectivity index (χ1v) is 15.8. The predicted octanol–water partition coefficient (Wildman–Crippen LogP) is 5.89. The van der Waals surface area contributed by atoms with Crippen LogP contribution < -0.4 is 4.18 Å². The number of ether oxygens (including phenoxy) is 2. The Kier molecular flexibility index (Phi) is 9.76. The molecule has 2 aliphatic heterocycles. The van der Waals surface area contributed by atoms with Crippen LogP contribution in [0.4, 0.5) is 26.3 Å². The Bertz CT molecular complexity index is 1720. The lowest BCUT2D eigenvalue weighted by molar-refractivity contribution is -0.137. The van der Waals surface area contributed by atoms with Gasteiger partial charge in [0.25, 0.3) is 0 Å². The van der Waals surface area contributed by atoms with Gasteiger partial charge in [-0.2, -0.15) is 34.8 Å². The highest BCUT2D eigenvalue weighted by Crippen LogP contribution is 2.40. The van der Waals surface area contributed by atoms with E-state index in [1.165, 1.54) is 6.07 Å². The first-order chi connectivity index (χ1) is 21.6. The van der Waals surface area contributed by atoms with E-state index in [-0.39, 0.29) is 39.8 Å². The van der Waals surface area contributed by atoms with Crippen molar-refractivity contribution in [2.75, 3.05) is 46.5 Å². The molecule has 46 heavy (non-hydrogen) atoms. The topological polar surface area (TPSA) is 98.3 Å². The number of esters is 1. The van der Waals surface area contributed by atoms with E-state index in [0.717, 1.165) is 63.4 Å². The molecule has 2 aliphatic rings. The first-order valence-electron chi connectivity index (χ1n) is 14.1. The molecule has 1 aromatic heterocycles. The van der Waals surface area contributed by atoms with Crippen LogP contribution >= 0.6 is 11.6 Å². The number of rotatable bonds is 7. The van der Waals surface area contributed by atoms with E-state index in [0.29, 0.717) is 32.3 Å². The van der Waals surface area contributed by atoms with Crippen molar-refractivity contribution in [1.82, 2.24) is 14.8 Å². The van der Waals surface area contributed by atoms with E-state index < -0.39 is 44.1 Å². The van der Waals surface area contributed by atoms with Crippen LogP contribution in [-0.4, -0.2) is 87.2 Å².